The number of fused-ring (bicyclic) bond motifs is 1. The van der Waals surface area contributed by atoms with Crippen LogP contribution >= 0.6 is 11.8 Å². The third-order valence-electron chi connectivity index (χ3n) is 3.53. The number of carbonyl (C=O) groups is 1. The highest BCUT2D eigenvalue weighted by Crippen LogP contribution is 2.30. The van der Waals surface area contributed by atoms with Crippen LogP contribution in [0.15, 0.2) is 36.4 Å². The minimum absolute atomic E-state index is 0.0455. The molecule has 1 aromatic carbocycles. The first kappa shape index (κ1) is 13.4. The van der Waals surface area contributed by atoms with E-state index in [1.54, 1.807) is 0 Å². The van der Waals surface area contributed by atoms with Gasteiger partial charge >= 0.3 is 0 Å². The minimum Gasteiger partial charge on any atom is -0.335 e. The van der Waals surface area contributed by atoms with E-state index < -0.39 is 0 Å². The number of aromatic nitrogens is 1. The van der Waals surface area contributed by atoms with Crippen molar-refractivity contribution in [3.05, 3.63) is 42.1 Å². The van der Waals surface area contributed by atoms with Crippen LogP contribution in [0.2, 0.25) is 0 Å². The molecule has 1 fully saturated rings. The summed E-state index contributed by atoms with van der Waals surface area (Å²) in [7, 11) is 0. The summed E-state index contributed by atoms with van der Waals surface area (Å²) in [6, 6.07) is 11.7. The van der Waals surface area contributed by atoms with Crippen molar-refractivity contribution < 1.29 is 4.79 Å². The summed E-state index contributed by atoms with van der Waals surface area (Å²) >= 11 is 1.92. The third kappa shape index (κ3) is 2.66. The third-order valence-corrected chi connectivity index (χ3v) is 4.83. The maximum Gasteiger partial charge on any atom is 0.272 e. The van der Waals surface area contributed by atoms with Gasteiger partial charge in [0.2, 0.25) is 0 Å². The lowest BCUT2D eigenvalue weighted by molar-refractivity contribution is 0.0742. The van der Waals surface area contributed by atoms with E-state index in [-0.39, 0.29) is 10.7 Å². The van der Waals surface area contributed by atoms with Crippen molar-refractivity contribution in [3.63, 3.8) is 0 Å². The zero-order valence-electron chi connectivity index (χ0n) is 11.8. The Bertz CT molecular complexity index is 654. The number of nitrogens with zero attached hydrogens (tertiary/aromatic N) is 2. The van der Waals surface area contributed by atoms with Crippen LogP contribution < -0.4 is 0 Å². The highest BCUT2D eigenvalue weighted by Gasteiger charge is 2.30. The maximum absolute atomic E-state index is 12.6. The predicted octanol–water partition coefficient (Wildman–Crippen LogP) is 3.20. The number of carbonyl (C=O) groups excluding carboxylic acids is 1. The van der Waals surface area contributed by atoms with E-state index in [2.05, 4.69) is 18.8 Å². The standard InChI is InChI=1S/C16H18N2OS/c1-16(2)11-18(9-10-20-16)15(19)14-8-7-12-5-3-4-6-13(12)17-14/h3-8H,9-11H2,1-2H3. The van der Waals surface area contributed by atoms with Gasteiger partial charge in [0.15, 0.2) is 0 Å². The molecule has 1 aromatic heterocycles. The molecule has 1 amide bonds. The molecule has 0 N–H and O–H groups in total. The summed E-state index contributed by atoms with van der Waals surface area (Å²) in [4.78, 5) is 19.0. The first-order valence-electron chi connectivity index (χ1n) is 6.84. The minimum atomic E-state index is 0.0455. The van der Waals surface area contributed by atoms with Crippen LogP contribution in [0.3, 0.4) is 0 Å². The van der Waals surface area contributed by atoms with Gasteiger partial charge in [-0.2, -0.15) is 11.8 Å². The highest BCUT2D eigenvalue weighted by molar-refractivity contribution is 8.00. The number of pyridine rings is 1. The van der Waals surface area contributed by atoms with E-state index in [1.807, 2.05) is 53.1 Å². The lowest BCUT2D eigenvalue weighted by atomic mass is 10.1. The van der Waals surface area contributed by atoms with Gasteiger partial charge in [-0.05, 0) is 26.0 Å². The normalized spacial score (nSPS) is 18.2. The fourth-order valence-electron chi connectivity index (χ4n) is 2.54. The number of hydrogen-bond donors (Lipinski definition) is 0. The van der Waals surface area contributed by atoms with Gasteiger partial charge in [0.1, 0.15) is 5.69 Å². The summed E-state index contributed by atoms with van der Waals surface area (Å²) in [5, 5.41) is 1.07. The van der Waals surface area contributed by atoms with Crippen LogP contribution in [0.4, 0.5) is 0 Å². The summed E-state index contributed by atoms with van der Waals surface area (Å²) in [6.07, 6.45) is 0. The molecular weight excluding hydrogens is 268 g/mol. The first-order chi connectivity index (χ1) is 9.55. The van der Waals surface area contributed by atoms with Gasteiger partial charge in [0.25, 0.3) is 5.91 Å². The Morgan fingerprint density at radius 2 is 2.05 bits per heavy atom. The molecule has 3 rings (SSSR count). The quantitative estimate of drug-likeness (QED) is 0.807. The Labute approximate surface area is 123 Å². The van der Waals surface area contributed by atoms with Crippen molar-refractivity contribution in [1.82, 2.24) is 9.88 Å². The van der Waals surface area contributed by atoms with Crippen LogP contribution in [0, 0.1) is 0 Å². The molecule has 4 heteroatoms. The average molecular weight is 286 g/mol. The molecule has 0 spiro atoms. The van der Waals surface area contributed by atoms with Gasteiger partial charge in [-0.25, -0.2) is 4.98 Å². The predicted molar refractivity (Wildman–Crippen MR) is 84.2 cm³/mol. The van der Waals surface area contributed by atoms with E-state index in [4.69, 9.17) is 0 Å². The fraction of sp³-hybridized carbons (Fsp3) is 0.375. The lowest BCUT2D eigenvalue weighted by Gasteiger charge is -2.37. The molecule has 2 heterocycles. The molecule has 3 nitrogen and oxygen atoms in total. The van der Waals surface area contributed by atoms with Gasteiger partial charge in [-0.1, -0.05) is 24.3 Å². The second kappa shape index (κ2) is 5.09. The monoisotopic (exact) mass is 286 g/mol. The van der Waals surface area contributed by atoms with Crippen molar-refractivity contribution in [1.29, 1.82) is 0 Å². The molecule has 2 aromatic rings. The van der Waals surface area contributed by atoms with Gasteiger partial charge in [0.05, 0.1) is 5.52 Å². The highest BCUT2D eigenvalue weighted by atomic mass is 32.2. The van der Waals surface area contributed by atoms with Crippen LogP contribution in [-0.4, -0.2) is 39.4 Å². The zero-order chi connectivity index (χ0) is 14.2. The molecule has 0 radical (unpaired) electrons. The SMILES string of the molecule is CC1(C)CN(C(=O)c2ccc3ccccc3n2)CCS1. The molecule has 1 aliphatic heterocycles. The Kier molecular flexibility index (Phi) is 3.42. The van der Waals surface area contributed by atoms with Crippen molar-refractivity contribution in [2.45, 2.75) is 18.6 Å². The maximum atomic E-state index is 12.6. The Morgan fingerprint density at radius 1 is 1.25 bits per heavy atom. The van der Waals surface area contributed by atoms with Gasteiger partial charge in [-0.15, -0.1) is 0 Å². The van der Waals surface area contributed by atoms with Crippen molar-refractivity contribution in [3.8, 4) is 0 Å². The number of rotatable bonds is 1. The van der Waals surface area contributed by atoms with Gasteiger partial charge in [0, 0.05) is 29.0 Å². The fourth-order valence-corrected chi connectivity index (χ4v) is 3.65. The molecule has 0 saturated carbocycles. The number of thioether (sulfide) groups is 1. The average Bonchev–Trinajstić information content (AvgIpc) is 2.45. The lowest BCUT2D eigenvalue weighted by Crippen LogP contribution is -2.46. The van der Waals surface area contributed by atoms with E-state index in [9.17, 15) is 4.79 Å². The molecule has 0 bridgehead atoms. The van der Waals surface area contributed by atoms with E-state index in [0.29, 0.717) is 5.69 Å². The Morgan fingerprint density at radius 3 is 2.85 bits per heavy atom. The molecule has 1 aliphatic rings. The number of hydrogen-bond acceptors (Lipinski definition) is 3. The number of benzene rings is 1. The Hall–Kier alpha value is -1.55. The number of para-hydroxylation sites is 1. The van der Waals surface area contributed by atoms with Crippen molar-refractivity contribution in [2.24, 2.45) is 0 Å². The topological polar surface area (TPSA) is 33.2 Å². The van der Waals surface area contributed by atoms with Crippen LogP contribution in [0.25, 0.3) is 10.9 Å². The van der Waals surface area contributed by atoms with Crippen LogP contribution in [0.1, 0.15) is 24.3 Å². The molecule has 0 atom stereocenters. The van der Waals surface area contributed by atoms with E-state index in [0.717, 1.165) is 29.7 Å². The summed E-state index contributed by atoms with van der Waals surface area (Å²) in [6.45, 7) is 5.96. The first-order valence-corrected chi connectivity index (χ1v) is 7.83. The van der Waals surface area contributed by atoms with Crippen LogP contribution in [-0.2, 0) is 0 Å². The second-order valence-corrected chi connectivity index (χ2v) is 7.53. The number of amides is 1. The molecule has 1 saturated heterocycles. The van der Waals surface area contributed by atoms with E-state index in [1.165, 1.54) is 0 Å². The van der Waals surface area contributed by atoms with Gasteiger partial charge < -0.3 is 4.90 Å². The molecule has 104 valence electrons. The van der Waals surface area contributed by atoms with Crippen molar-refractivity contribution >= 4 is 28.6 Å². The zero-order valence-corrected chi connectivity index (χ0v) is 12.6. The van der Waals surface area contributed by atoms with Crippen molar-refractivity contribution in [2.75, 3.05) is 18.8 Å². The molecule has 20 heavy (non-hydrogen) atoms. The second-order valence-electron chi connectivity index (χ2n) is 5.72. The molecule has 0 aliphatic carbocycles. The van der Waals surface area contributed by atoms with E-state index >= 15 is 0 Å². The molecule has 0 unspecified atom stereocenters. The summed E-state index contributed by atoms with van der Waals surface area (Å²) < 4.78 is 0.130. The largest absolute Gasteiger partial charge is 0.335 e. The van der Waals surface area contributed by atoms with Crippen LogP contribution in [0.5, 0.6) is 0 Å². The smallest absolute Gasteiger partial charge is 0.272 e. The summed E-state index contributed by atoms with van der Waals surface area (Å²) in [5.41, 5.74) is 1.43. The molecular formula is C16H18N2OS. The Balaban J connectivity index is 1.88. The van der Waals surface area contributed by atoms with Gasteiger partial charge in [-0.3, -0.25) is 4.79 Å². The summed E-state index contributed by atoms with van der Waals surface area (Å²) in [5.74, 6) is 1.04.